The molecule has 1 N–H and O–H groups in total. The largest absolute Gasteiger partial charge is 0.464 e. The molecule has 0 atom stereocenters. The predicted molar refractivity (Wildman–Crippen MR) is 103 cm³/mol. The molecule has 3 amide bonds. The zero-order chi connectivity index (χ0) is 19.2. The van der Waals surface area contributed by atoms with E-state index in [9.17, 15) is 9.59 Å². The lowest BCUT2D eigenvalue weighted by Gasteiger charge is -2.27. The number of carbonyl (C=O) groups is 2. The molecule has 1 aliphatic carbocycles. The Kier molecular flexibility index (Phi) is 6.16. The number of amides is 3. The number of benzene rings is 1. The van der Waals surface area contributed by atoms with Crippen molar-refractivity contribution >= 4 is 11.9 Å². The Labute approximate surface area is 160 Å². The highest BCUT2D eigenvalue weighted by Crippen LogP contribution is 2.27. The molecular weight excluding hydrogens is 342 g/mol. The SMILES string of the molecule is CCNC(=O)N(CC(=O)N(Cc1ccccc1)Cc1ccc(C)o1)C1CC1. The lowest BCUT2D eigenvalue weighted by atomic mass is 10.2. The number of rotatable bonds is 8. The van der Waals surface area contributed by atoms with Gasteiger partial charge in [-0.15, -0.1) is 0 Å². The summed E-state index contributed by atoms with van der Waals surface area (Å²) in [6.45, 7) is 5.27. The van der Waals surface area contributed by atoms with E-state index in [-0.39, 0.29) is 24.5 Å². The van der Waals surface area contributed by atoms with Gasteiger partial charge in [-0.3, -0.25) is 4.79 Å². The quantitative estimate of drug-likeness (QED) is 0.776. The van der Waals surface area contributed by atoms with Crippen LogP contribution in [-0.2, 0) is 17.9 Å². The molecule has 0 radical (unpaired) electrons. The number of furan rings is 1. The minimum absolute atomic E-state index is 0.0777. The summed E-state index contributed by atoms with van der Waals surface area (Å²) < 4.78 is 5.67. The first-order valence-corrected chi connectivity index (χ1v) is 9.48. The highest BCUT2D eigenvalue weighted by atomic mass is 16.3. The average Bonchev–Trinajstić information content (AvgIpc) is 3.42. The van der Waals surface area contributed by atoms with Crippen molar-refractivity contribution in [3.63, 3.8) is 0 Å². The van der Waals surface area contributed by atoms with Crippen LogP contribution in [-0.4, -0.2) is 40.9 Å². The average molecular weight is 369 g/mol. The third-order valence-corrected chi connectivity index (χ3v) is 4.59. The van der Waals surface area contributed by atoms with E-state index in [1.54, 1.807) is 9.80 Å². The summed E-state index contributed by atoms with van der Waals surface area (Å²) in [7, 11) is 0. The molecule has 1 heterocycles. The summed E-state index contributed by atoms with van der Waals surface area (Å²) in [6, 6.07) is 13.7. The molecule has 27 heavy (non-hydrogen) atoms. The maximum Gasteiger partial charge on any atom is 0.318 e. The summed E-state index contributed by atoms with van der Waals surface area (Å²) in [5, 5.41) is 2.81. The van der Waals surface area contributed by atoms with Crippen molar-refractivity contribution in [2.75, 3.05) is 13.1 Å². The Morgan fingerprint density at radius 3 is 2.44 bits per heavy atom. The fourth-order valence-corrected chi connectivity index (χ4v) is 3.05. The monoisotopic (exact) mass is 369 g/mol. The molecule has 1 aromatic carbocycles. The van der Waals surface area contributed by atoms with Crippen LogP contribution in [0.5, 0.6) is 0 Å². The van der Waals surface area contributed by atoms with Gasteiger partial charge < -0.3 is 19.5 Å². The van der Waals surface area contributed by atoms with Gasteiger partial charge in [-0.1, -0.05) is 30.3 Å². The molecular formula is C21H27N3O3. The van der Waals surface area contributed by atoms with Gasteiger partial charge in [0.05, 0.1) is 6.54 Å². The normalized spacial score (nSPS) is 13.3. The molecule has 2 aromatic rings. The second kappa shape index (κ2) is 8.75. The van der Waals surface area contributed by atoms with Crippen molar-refractivity contribution < 1.29 is 14.0 Å². The zero-order valence-electron chi connectivity index (χ0n) is 16.0. The Bertz CT molecular complexity index is 768. The summed E-state index contributed by atoms with van der Waals surface area (Å²) in [5.41, 5.74) is 1.05. The second-order valence-electron chi connectivity index (χ2n) is 6.94. The van der Waals surface area contributed by atoms with Crippen molar-refractivity contribution in [1.82, 2.24) is 15.1 Å². The minimum Gasteiger partial charge on any atom is -0.464 e. The molecule has 0 aliphatic heterocycles. The Morgan fingerprint density at radius 2 is 1.85 bits per heavy atom. The van der Waals surface area contributed by atoms with Crippen LogP contribution >= 0.6 is 0 Å². The first kappa shape index (κ1) is 19.0. The van der Waals surface area contributed by atoms with Gasteiger partial charge in [0.2, 0.25) is 5.91 Å². The van der Waals surface area contributed by atoms with Crippen LogP contribution < -0.4 is 5.32 Å². The highest BCUT2D eigenvalue weighted by Gasteiger charge is 2.34. The van der Waals surface area contributed by atoms with Gasteiger partial charge in [-0.25, -0.2) is 4.79 Å². The first-order valence-electron chi connectivity index (χ1n) is 9.48. The van der Waals surface area contributed by atoms with Crippen LogP contribution in [0.2, 0.25) is 0 Å². The number of nitrogens with zero attached hydrogens (tertiary/aromatic N) is 2. The van der Waals surface area contributed by atoms with Crippen molar-refractivity contribution in [2.45, 2.75) is 45.8 Å². The van der Waals surface area contributed by atoms with Crippen molar-refractivity contribution in [3.05, 3.63) is 59.5 Å². The first-order chi connectivity index (χ1) is 13.1. The molecule has 1 saturated carbocycles. The highest BCUT2D eigenvalue weighted by molar-refractivity contribution is 5.84. The molecule has 0 saturated heterocycles. The molecule has 144 valence electrons. The lowest BCUT2D eigenvalue weighted by molar-refractivity contribution is -0.133. The number of hydrogen-bond donors (Lipinski definition) is 1. The fourth-order valence-electron chi connectivity index (χ4n) is 3.05. The molecule has 6 heteroatoms. The minimum atomic E-state index is -0.165. The summed E-state index contributed by atoms with van der Waals surface area (Å²) in [6.07, 6.45) is 1.92. The van der Waals surface area contributed by atoms with E-state index in [0.717, 1.165) is 29.9 Å². The summed E-state index contributed by atoms with van der Waals surface area (Å²) in [4.78, 5) is 28.8. The molecule has 1 aliphatic rings. The maximum atomic E-state index is 13.1. The van der Waals surface area contributed by atoms with Gasteiger partial charge in [-0.2, -0.15) is 0 Å². The molecule has 0 unspecified atom stereocenters. The number of carbonyl (C=O) groups excluding carboxylic acids is 2. The third-order valence-electron chi connectivity index (χ3n) is 4.59. The van der Waals surface area contributed by atoms with Gasteiger partial charge in [0, 0.05) is 19.1 Å². The van der Waals surface area contributed by atoms with Crippen LogP contribution in [0, 0.1) is 6.92 Å². The van der Waals surface area contributed by atoms with Crippen LogP contribution in [0.1, 0.15) is 36.8 Å². The standard InChI is InChI=1S/C21H27N3O3/c1-3-22-21(26)24(18-10-11-18)15-20(25)23(13-17-7-5-4-6-8-17)14-19-12-9-16(2)27-19/h4-9,12,18H,3,10-11,13-15H2,1-2H3,(H,22,26). The van der Waals surface area contributed by atoms with E-state index in [1.165, 1.54) is 0 Å². The van der Waals surface area contributed by atoms with E-state index in [2.05, 4.69) is 5.32 Å². The number of hydrogen-bond acceptors (Lipinski definition) is 3. The van der Waals surface area contributed by atoms with Crippen molar-refractivity contribution in [3.8, 4) is 0 Å². The Balaban J connectivity index is 1.73. The molecule has 1 fully saturated rings. The summed E-state index contributed by atoms with van der Waals surface area (Å²) in [5.74, 6) is 1.48. The molecule has 6 nitrogen and oxygen atoms in total. The van der Waals surface area contributed by atoms with Crippen LogP contribution in [0.15, 0.2) is 46.9 Å². The number of aryl methyl sites for hydroxylation is 1. The van der Waals surface area contributed by atoms with Gasteiger partial charge in [0.25, 0.3) is 0 Å². The van der Waals surface area contributed by atoms with E-state index >= 15 is 0 Å². The third kappa shape index (κ3) is 5.36. The van der Waals surface area contributed by atoms with Gasteiger partial charge in [0.1, 0.15) is 18.1 Å². The summed E-state index contributed by atoms with van der Waals surface area (Å²) >= 11 is 0. The van der Waals surface area contributed by atoms with E-state index in [0.29, 0.717) is 19.6 Å². The van der Waals surface area contributed by atoms with Crippen molar-refractivity contribution in [2.24, 2.45) is 0 Å². The lowest BCUT2D eigenvalue weighted by Crippen LogP contribution is -2.47. The fraction of sp³-hybridized carbons (Fsp3) is 0.429. The maximum absolute atomic E-state index is 13.1. The van der Waals surface area contributed by atoms with E-state index in [1.807, 2.05) is 56.3 Å². The smallest absolute Gasteiger partial charge is 0.318 e. The molecule has 0 spiro atoms. The van der Waals surface area contributed by atoms with Gasteiger partial charge in [-0.05, 0) is 44.4 Å². The van der Waals surface area contributed by atoms with Crippen molar-refractivity contribution in [1.29, 1.82) is 0 Å². The van der Waals surface area contributed by atoms with Gasteiger partial charge in [0.15, 0.2) is 0 Å². The molecule has 1 aromatic heterocycles. The van der Waals surface area contributed by atoms with E-state index < -0.39 is 0 Å². The van der Waals surface area contributed by atoms with Crippen LogP contribution in [0.4, 0.5) is 4.79 Å². The number of urea groups is 1. The van der Waals surface area contributed by atoms with E-state index in [4.69, 9.17) is 4.42 Å². The van der Waals surface area contributed by atoms with Gasteiger partial charge >= 0.3 is 6.03 Å². The Hall–Kier alpha value is -2.76. The predicted octanol–water partition coefficient (Wildman–Crippen LogP) is 3.31. The van der Waals surface area contributed by atoms with Crippen LogP contribution in [0.25, 0.3) is 0 Å². The Morgan fingerprint density at radius 1 is 1.11 bits per heavy atom. The second-order valence-corrected chi connectivity index (χ2v) is 6.94. The topological polar surface area (TPSA) is 65.8 Å². The van der Waals surface area contributed by atoms with Crippen LogP contribution in [0.3, 0.4) is 0 Å². The zero-order valence-corrected chi connectivity index (χ0v) is 16.0. The molecule has 3 rings (SSSR count). The number of nitrogens with one attached hydrogen (secondary N) is 1. The molecule has 0 bridgehead atoms.